The number of rotatable bonds is 25. The van der Waals surface area contributed by atoms with Crippen LogP contribution in [0.2, 0.25) is 0 Å². The van der Waals surface area contributed by atoms with Crippen LogP contribution >= 0.6 is 0 Å². The monoisotopic (exact) mass is 995 g/mol. The van der Waals surface area contributed by atoms with Gasteiger partial charge in [-0.25, -0.2) is 0 Å². The van der Waals surface area contributed by atoms with Crippen molar-refractivity contribution in [1.29, 1.82) is 0 Å². The molecular formula is C74H78N2. The van der Waals surface area contributed by atoms with E-state index in [9.17, 15) is 0 Å². The number of hydrogen-bond donors (Lipinski definition) is 0. The fourth-order valence-corrected chi connectivity index (χ4v) is 9.23. The van der Waals surface area contributed by atoms with E-state index in [1.165, 1.54) is 44.7 Å². The number of aromatic nitrogens is 1. The summed E-state index contributed by atoms with van der Waals surface area (Å²) < 4.78 is 2.37. The molecule has 384 valence electrons. The van der Waals surface area contributed by atoms with Gasteiger partial charge in [-0.05, 0) is 161 Å². The van der Waals surface area contributed by atoms with Gasteiger partial charge in [0.15, 0.2) is 0 Å². The third kappa shape index (κ3) is 15.3. The molecule has 0 atom stereocenters. The lowest BCUT2D eigenvalue weighted by molar-refractivity contribution is 0.818. The van der Waals surface area contributed by atoms with Gasteiger partial charge in [0.2, 0.25) is 0 Å². The van der Waals surface area contributed by atoms with Crippen LogP contribution in [0.25, 0.3) is 43.7 Å². The lowest BCUT2D eigenvalue weighted by atomic mass is 9.98. The Balaban J connectivity index is 1.31. The first kappa shape index (κ1) is 56.8. The molecule has 0 amide bonds. The number of allylic oxidation sites excluding steroid dienone is 27. The average molecular weight is 995 g/mol. The lowest BCUT2D eigenvalue weighted by Gasteiger charge is -2.27. The maximum absolute atomic E-state index is 4.69. The summed E-state index contributed by atoms with van der Waals surface area (Å²) in [6.07, 6.45) is 49.5. The highest BCUT2D eigenvalue weighted by Gasteiger charge is 2.20. The maximum atomic E-state index is 4.69. The SMILES string of the molecule is C=C/C=C\C(=C/C/C=C/C=C(/c1ccccc1)c1c(C)c2ccccc2n1C(/C=C\C=C)=C/C)N(C(=C)/C=C\C(=C)/C(C)=C/C=C(C)/C=C/C=C\C/C(C)=C(\C)CCC/C=C\C)c1ccc2c(ccc3ccccc32)c1. The molecule has 0 bridgehead atoms. The zero-order chi connectivity index (χ0) is 54.2. The van der Waals surface area contributed by atoms with Gasteiger partial charge in [-0.3, -0.25) is 0 Å². The van der Waals surface area contributed by atoms with E-state index in [0.29, 0.717) is 6.42 Å². The molecular weight excluding hydrogens is 917 g/mol. The first-order valence-electron chi connectivity index (χ1n) is 26.7. The molecule has 2 heteroatoms. The Kier molecular flexibility index (Phi) is 22.0. The van der Waals surface area contributed by atoms with Crippen LogP contribution in [0, 0.1) is 6.92 Å². The summed E-state index contributed by atoms with van der Waals surface area (Å²) in [6.45, 7) is 32.3. The zero-order valence-electron chi connectivity index (χ0n) is 46.3. The Bertz CT molecular complexity index is 3450. The Morgan fingerprint density at radius 3 is 2.09 bits per heavy atom. The van der Waals surface area contributed by atoms with Gasteiger partial charge in [0, 0.05) is 33.7 Å². The summed E-state index contributed by atoms with van der Waals surface area (Å²) in [7, 11) is 0. The topological polar surface area (TPSA) is 8.17 Å². The zero-order valence-corrected chi connectivity index (χ0v) is 46.3. The molecule has 0 spiro atoms. The van der Waals surface area contributed by atoms with E-state index in [2.05, 4.69) is 290 Å². The van der Waals surface area contributed by atoms with Crippen molar-refractivity contribution in [3.8, 4) is 0 Å². The van der Waals surface area contributed by atoms with Gasteiger partial charge >= 0.3 is 0 Å². The summed E-state index contributed by atoms with van der Waals surface area (Å²) in [5, 5.41) is 6.03. The second-order valence-corrected chi connectivity index (χ2v) is 19.1. The fraction of sp³-hybridized carbons (Fsp3) is 0.162. The molecule has 0 radical (unpaired) electrons. The average Bonchev–Trinajstić information content (AvgIpc) is 3.75. The molecule has 0 saturated heterocycles. The predicted octanol–water partition coefficient (Wildman–Crippen LogP) is 21.5. The Hall–Kier alpha value is -8.46. The van der Waals surface area contributed by atoms with Gasteiger partial charge in [0.05, 0.1) is 11.2 Å². The highest BCUT2D eigenvalue weighted by molar-refractivity contribution is 6.08. The van der Waals surface area contributed by atoms with E-state index < -0.39 is 0 Å². The van der Waals surface area contributed by atoms with Gasteiger partial charge in [-0.1, -0.05) is 243 Å². The van der Waals surface area contributed by atoms with Gasteiger partial charge in [0.1, 0.15) is 0 Å². The molecule has 0 unspecified atom stereocenters. The molecule has 5 aromatic carbocycles. The number of aryl methyl sites for hydroxylation is 1. The molecule has 2 nitrogen and oxygen atoms in total. The molecule has 0 saturated carbocycles. The fourth-order valence-electron chi connectivity index (χ4n) is 9.23. The van der Waals surface area contributed by atoms with E-state index in [4.69, 9.17) is 6.58 Å². The van der Waals surface area contributed by atoms with Crippen molar-refractivity contribution in [2.24, 2.45) is 0 Å². The van der Waals surface area contributed by atoms with Crippen molar-refractivity contribution in [3.05, 3.63) is 319 Å². The number of fused-ring (bicyclic) bond motifs is 4. The smallest absolute Gasteiger partial charge is 0.0576 e. The summed E-state index contributed by atoms with van der Waals surface area (Å²) in [4.78, 5) is 2.22. The van der Waals surface area contributed by atoms with Gasteiger partial charge in [-0.2, -0.15) is 0 Å². The van der Waals surface area contributed by atoms with Crippen molar-refractivity contribution in [2.75, 3.05) is 4.90 Å². The minimum absolute atomic E-state index is 0.656. The number of unbranched alkanes of at least 4 members (excludes halogenated alkanes) is 1. The van der Waals surface area contributed by atoms with Crippen LogP contribution in [0.3, 0.4) is 0 Å². The minimum Gasteiger partial charge on any atom is -0.311 e. The van der Waals surface area contributed by atoms with Crippen LogP contribution in [0.15, 0.2) is 302 Å². The Morgan fingerprint density at radius 2 is 1.33 bits per heavy atom. The molecule has 0 aliphatic rings. The van der Waals surface area contributed by atoms with Crippen LogP contribution in [-0.2, 0) is 0 Å². The van der Waals surface area contributed by atoms with Crippen LogP contribution in [0.1, 0.15) is 90.5 Å². The first-order chi connectivity index (χ1) is 37.0. The van der Waals surface area contributed by atoms with E-state index in [1.807, 2.05) is 24.3 Å². The van der Waals surface area contributed by atoms with Crippen molar-refractivity contribution in [3.63, 3.8) is 0 Å². The minimum atomic E-state index is 0.656. The van der Waals surface area contributed by atoms with E-state index in [0.717, 1.165) is 86.5 Å². The molecule has 1 aromatic heterocycles. The van der Waals surface area contributed by atoms with Crippen molar-refractivity contribution < 1.29 is 0 Å². The Morgan fingerprint density at radius 1 is 0.618 bits per heavy atom. The molecule has 0 aliphatic heterocycles. The molecule has 0 N–H and O–H groups in total. The second-order valence-electron chi connectivity index (χ2n) is 19.1. The maximum Gasteiger partial charge on any atom is 0.0576 e. The predicted molar refractivity (Wildman–Crippen MR) is 339 cm³/mol. The van der Waals surface area contributed by atoms with Gasteiger partial charge in [0.25, 0.3) is 0 Å². The number of anilines is 1. The quantitative estimate of drug-likeness (QED) is 0.0240. The Labute approximate surface area is 456 Å². The summed E-state index contributed by atoms with van der Waals surface area (Å²) >= 11 is 0. The third-order valence-electron chi connectivity index (χ3n) is 13.7. The second kappa shape index (κ2) is 29.4. The van der Waals surface area contributed by atoms with Crippen molar-refractivity contribution in [2.45, 2.75) is 80.6 Å². The summed E-state index contributed by atoms with van der Waals surface area (Å²) in [6, 6.07) is 39.0. The van der Waals surface area contributed by atoms with Gasteiger partial charge in [-0.15, -0.1) is 0 Å². The van der Waals surface area contributed by atoms with Crippen LogP contribution in [0.5, 0.6) is 0 Å². The largest absolute Gasteiger partial charge is 0.311 e. The standard InChI is InChI=1S/C74H78N2/c1-12-16-19-24-35-57(6)58(7)36-25-20-23-34-56(5)47-48-59(8)60(9)49-50-61(10)75(68-53-54-71-65(55-68)52-51-64-39-30-31-44-70(64)71)67(41-18-14-3)42-28-22-29-45-72(63-37-26-21-27-38-63)74-62(11)69-43-32-33-46-73(69)76(74)66(15-4)40-17-13-2/h12-18,20-23,25-27,29-34,37-55H,2-3,9-10,19,24,28,35-36H2,1,4-8,11H3/b16-12-,25-20-,29-22+,34-23+,40-17-,41-18-,50-49-,56-47+,58-57+,59-48+,66-15+,67-42+,72-45-. The molecule has 76 heavy (non-hydrogen) atoms. The molecule has 6 aromatic rings. The first-order valence-corrected chi connectivity index (χ1v) is 26.7. The third-order valence-corrected chi connectivity index (χ3v) is 13.7. The molecule has 6 rings (SSSR count). The summed E-state index contributed by atoms with van der Waals surface area (Å²) in [5.41, 5.74) is 15.7. The van der Waals surface area contributed by atoms with E-state index in [-0.39, 0.29) is 0 Å². The lowest BCUT2D eigenvalue weighted by Crippen LogP contribution is -2.19. The van der Waals surface area contributed by atoms with Gasteiger partial charge < -0.3 is 9.47 Å². The van der Waals surface area contributed by atoms with Crippen LogP contribution < -0.4 is 4.90 Å². The number of hydrogen-bond acceptors (Lipinski definition) is 1. The number of para-hydroxylation sites is 1. The molecule has 1 heterocycles. The van der Waals surface area contributed by atoms with E-state index in [1.54, 1.807) is 0 Å². The van der Waals surface area contributed by atoms with Crippen LogP contribution in [-0.4, -0.2) is 4.57 Å². The van der Waals surface area contributed by atoms with E-state index >= 15 is 0 Å². The molecule has 0 fully saturated rings. The number of nitrogens with zero attached hydrogens (tertiary/aromatic N) is 2. The highest BCUT2D eigenvalue weighted by Crippen LogP contribution is 2.37. The van der Waals surface area contributed by atoms with Crippen LogP contribution in [0.4, 0.5) is 5.69 Å². The normalized spacial score (nSPS) is 13.9. The molecule has 0 aliphatic carbocycles. The van der Waals surface area contributed by atoms with Crippen molar-refractivity contribution >= 4 is 49.4 Å². The summed E-state index contributed by atoms with van der Waals surface area (Å²) in [5.74, 6) is 0. The highest BCUT2D eigenvalue weighted by atomic mass is 15.1. The number of benzene rings is 5. The van der Waals surface area contributed by atoms with Crippen molar-refractivity contribution in [1.82, 2.24) is 4.57 Å².